The van der Waals surface area contributed by atoms with Crippen molar-refractivity contribution in [1.29, 1.82) is 0 Å². The highest BCUT2D eigenvalue weighted by molar-refractivity contribution is 7.88. The molecule has 1 aliphatic heterocycles. The average molecular weight is 496 g/mol. The van der Waals surface area contributed by atoms with Gasteiger partial charge in [0.25, 0.3) is 0 Å². The molecule has 10 heteroatoms. The second kappa shape index (κ2) is 9.41. The van der Waals surface area contributed by atoms with E-state index < -0.39 is 15.9 Å². The van der Waals surface area contributed by atoms with Crippen molar-refractivity contribution in [1.82, 2.24) is 4.31 Å². The van der Waals surface area contributed by atoms with Crippen LogP contribution in [0, 0.1) is 5.92 Å². The van der Waals surface area contributed by atoms with Crippen molar-refractivity contribution in [2.45, 2.75) is 18.6 Å². The number of nitrogens with zero attached hydrogens (tertiary/aromatic N) is 1. The smallest absolute Gasteiger partial charge is 0.228 e. The fourth-order valence-corrected chi connectivity index (χ4v) is 5.54. The highest BCUT2D eigenvalue weighted by atomic mass is 35.5. The van der Waals surface area contributed by atoms with E-state index in [0.29, 0.717) is 50.7 Å². The number of rotatable bonds is 5. The summed E-state index contributed by atoms with van der Waals surface area (Å²) < 4.78 is 27.1. The lowest BCUT2D eigenvalue weighted by atomic mass is 9.99. The molecule has 1 heterocycles. The number of sulfonamides is 1. The number of nitrogens with one attached hydrogen (secondary N) is 1. The highest BCUT2D eigenvalue weighted by Crippen LogP contribution is 2.28. The minimum absolute atomic E-state index is 0.112. The summed E-state index contributed by atoms with van der Waals surface area (Å²) in [6.45, 7) is 0.482. The molecule has 0 aromatic heterocycles. The summed E-state index contributed by atoms with van der Waals surface area (Å²) in [6, 6.07) is 9.51. The predicted octanol–water partition coefficient (Wildman–Crippen LogP) is 5.48. The van der Waals surface area contributed by atoms with Crippen LogP contribution >= 0.6 is 46.4 Å². The lowest BCUT2D eigenvalue weighted by Gasteiger charge is -2.31. The standard InChI is InChI=1S/C19H18Cl4N2O3S/c20-14-4-6-18(17(23)9-14)24-19(26)13-2-1-7-25(10-13)29(27,28)11-12-3-5-15(21)16(22)8-12/h3-6,8-9,13H,1-2,7,10-11H2,(H,24,26). The molecule has 2 aromatic carbocycles. The van der Waals surface area contributed by atoms with Gasteiger partial charge in [0.05, 0.1) is 32.4 Å². The van der Waals surface area contributed by atoms with Crippen LogP contribution < -0.4 is 5.32 Å². The second-order valence-electron chi connectivity index (χ2n) is 6.82. The van der Waals surface area contributed by atoms with Gasteiger partial charge in [-0.3, -0.25) is 4.79 Å². The maximum absolute atomic E-state index is 12.9. The summed E-state index contributed by atoms with van der Waals surface area (Å²) in [5, 5.41) is 4.21. The molecular formula is C19H18Cl4N2O3S. The van der Waals surface area contributed by atoms with Gasteiger partial charge in [-0.15, -0.1) is 0 Å². The molecule has 0 radical (unpaired) electrons. The third kappa shape index (κ3) is 5.78. The molecule has 0 spiro atoms. The van der Waals surface area contributed by atoms with Gasteiger partial charge in [0.1, 0.15) is 0 Å². The third-order valence-electron chi connectivity index (χ3n) is 4.67. The number of amides is 1. The normalized spacial score (nSPS) is 17.9. The Bertz CT molecular complexity index is 1030. The van der Waals surface area contributed by atoms with E-state index in [9.17, 15) is 13.2 Å². The first-order chi connectivity index (χ1) is 13.7. The van der Waals surface area contributed by atoms with Crippen LogP contribution in [0.25, 0.3) is 0 Å². The Balaban J connectivity index is 1.68. The highest BCUT2D eigenvalue weighted by Gasteiger charge is 2.32. The lowest BCUT2D eigenvalue weighted by Crippen LogP contribution is -2.44. The van der Waals surface area contributed by atoms with Gasteiger partial charge in [-0.05, 0) is 48.7 Å². The molecule has 1 unspecified atom stereocenters. The Labute approximate surface area is 189 Å². The van der Waals surface area contributed by atoms with Gasteiger partial charge < -0.3 is 5.32 Å². The Morgan fingerprint density at radius 3 is 2.48 bits per heavy atom. The zero-order chi connectivity index (χ0) is 21.2. The zero-order valence-corrected chi connectivity index (χ0v) is 19.0. The number of carbonyl (C=O) groups excluding carboxylic acids is 1. The topological polar surface area (TPSA) is 66.5 Å². The molecular weight excluding hydrogens is 478 g/mol. The summed E-state index contributed by atoms with van der Waals surface area (Å²) in [6.07, 6.45) is 1.18. The average Bonchev–Trinajstić information content (AvgIpc) is 2.67. The van der Waals surface area contributed by atoms with Gasteiger partial charge in [-0.25, -0.2) is 12.7 Å². The number of hydrogen-bond acceptors (Lipinski definition) is 3. The van der Waals surface area contributed by atoms with Gasteiger partial charge >= 0.3 is 0 Å². The van der Waals surface area contributed by atoms with Crippen LogP contribution in [-0.2, 0) is 20.6 Å². The Morgan fingerprint density at radius 2 is 1.79 bits per heavy atom. The molecule has 1 atom stereocenters. The summed E-state index contributed by atoms with van der Waals surface area (Å²) in [5.74, 6) is -0.955. The fourth-order valence-electron chi connectivity index (χ4n) is 3.17. The number of halogens is 4. The molecule has 0 bridgehead atoms. The Morgan fingerprint density at radius 1 is 1.03 bits per heavy atom. The van der Waals surface area contributed by atoms with E-state index in [1.54, 1.807) is 24.3 Å². The second-order valence-corrected chi connectivity index (χ2v) is 10.4. The number of piperidine rings is 1. The van der Waals surface area contributed by atoms with Gasteiger partial charge in [0.15, 0.2) is 0 Å². The van der Waals surface area contributed by atoms with Crippen LogP contribution in [0.2, 0.25) is 20.1 Å². The first-order valence-corrected chi connectivity index (χ1v) is 12.0. The molecule has 0 saturated carbocycles. The SMILES string of the molecule is O=C(Nc1ccc(Cl)cc1Cl)C1CCCN(S(=O)(=O)Cc2ccc(Cl)c(Cl)c2)C1. The molecule has 2 aromatic rings. The van der Waals surface area contributed by atoms with Crippen molar-refractivity contribution in [3.63, 3.8) is 0 Å². The minimum Gasteiger partial charge on any atom is -0.324 e. The quantitative estimate of drug-likeness (QED) is 0.597. The van der Waals surface area contributed by atoms with Gasteiger partial charge in [0.2, 0.25) is 15.9 Å². The maximum Gasteiger partial charge on any atom is 0.228 e. The molecule has 1 N–H and O–H groups in total. The van der Waals surface area contributed by atoms with Crippen molar-refractivity contribution in [2.24, 2.45) is 5.92 Å². The Hall–Kier alpha value is -1.02. The number of benzene rings is 2. The van der Waals surface area contributed by atoms with Crippen LogP contribution in [0.4, 0.5) is 5.69 Å². The van der Waals surface area contributed by atoms with Gasteiger partial charge in [-0.1, -0.05) is 52.5 Å². The monoisotopic (exact) mass is 494 g/mol. The molecule has 1 aliphatic rings. The van der Waals surface area contributed by atoms with E-state index >= 15 is 0 Å². The first kappa shape index (κ1) is 22.7. The zero-order valence-electron chi connectivity index (χ0n) is 15.2. The summed E-state index contributed by atoms with van der Waals surface area (Å²) in [7, 11) is -3.61. The van der Waals surface area contributed by atoms with Gasteiger partial charge in [0, 0.05) is 18.1 Å². The van der Waals surface area contributed by atoms with Crippen molar-refractivity contribution in [3.8, 4) is 0 Å². The lowest BCUT2D eigenvalue weighted by molar-refractivity contribution is -0.120. The minimum atomic E-state index is -3.61. The van der Waals surface area contributed by atoms with E-state index in [0.717, 1.165) is 0 Å². The Kier molecular flexibility index (Phi) is 7.36. The third-order valence-corrected chi connectivity index (χ3v) is 7.77. The summed E-state index contributed by atoms with van der Waals surface area (Å²) in [5.41, 5.74) is 0.982. The maximum atomic E-state index is 12.9. The van der Waals surface area contributed by atoms with Crippen LogP contribution in [0.1, 0.15) is 18.4 Å². The number of hydrogen-bond donors (Lipinski definition) is 1. The molecule has 3 rings (SSSR count). The molecule has 29 heavy (non-hydrogen) atoms. The predicted molar refractivity (Wildman–Crippen MR) is 118 cm³/mol. The number of carbonyl (C=O) groups is 1. The molecule has 5 nitrogen and oxygen atoms in total. The molecule has 1 amide bonds. The van der Waals surface area contributed by atoms with Crippen molar-refractivity contribution in [2.75, 3.05) is 18.4 Å². The van der Waals surface area contributed by atoms with E-state index in [1.807, 2.05) is 0 Å². The fraction of sp³-hybridized carbons (Fsp3) is 0.316. The molecule has 1 saturated heterocycles. The van der Waals surface area contributed by atoms with Gasteiger partial charge in [-0.2, -0.15) is 0 Å². The van der Waals surface area contributed by atoms with E-state index in [1.165, 1.54) is 16.4 Å². The van der Waals surface area contributed by atoms with Crippen LogP contribution in [0.5, 0.6) is 0 Å². The molecule has 156 valence electrons. The van der Waals surface area contributed by atoms with Crippen molar-refractivity contribution < 1.29 is 13.2 Å². The van der Waals surface area contributed by atoms with Crippen LogP contribution in [0.15, 0.2) is 36.4 Å². The van der Waals surface area contributed by atoms with E-state index in [4.69, 9.17) is 46.4 Å². The molecule has 0 aliphatic carbocycles. The van der Waals surface area contributed by atoms with Crippen LogP contribution in [0.3, 0.4) is 0 Å². The first-order valence-electron chi connectivity index (χ1n) is 8.83. The van der Waals surface area contributed by atoms with Crippen molar-refractivity contribution in [3.05, 3.63) is 62.1 Å². The molecule has 1 fully saturated rings. The van der Waals surface area contributed by atoms with E-state index in [2.05, 4.69) is 5.32 Å². The van der Waals surface area contributed by atoms with E-state index in [-0.39, 0.29) is 18.2 Å². The van der Waals surface area contributed by atoms with Crippen molar-refractivity contribution >= 4 is 68.0 Å². The summed E-state index contributed by atoms with van der Waals surface area (Å²) >= 11 is 23.8. The van der Waals surface area contributed by atoms with Crippen LogP contribution in [-0.4, -0.2) is 31.7 Å². The summed E-state index contributed by atoms with van der Waals surface area (Å²) in [4.78, 5) is 12.7. The largest absolute Gasteiger partial charge is 0.324 e. The number of anilines is 1.